The van der Waals surface area contributed by atoms with Crippen molar-refractivity contribution < 1.29 is 9.90 Å². The number of benzene rings is 1. The van der Waals surface area contributed by atoms with Crippen LogP contribution in [-0.2, 0) is 11.3 Å². The van der Waals surface area contributed by atoms with E-state index in [1.807, 2.05) is 4.90 Å². The van der Waals surface area contributed by atoms with E-state index in [0.717, 1.165) is 32.7 Å². The first-order valence-corrected chi connectivity index (χ1v) is 6.78. The third-order valence-electron chi connectivity index (χ3n) is 3.93. The molecule has 2 rings (SSSR count). The van der Waals surface area contributed by atoms with Crippen molar-refractivity contribution in [3.8, 4) is 0 Å². The summed E-state index contributed by atoms with van der Waals surface area (Å²) in [5.41, 5.74) is 4.09. The van der Waals surface area contributed by atoms with E-state index in [2.05, 4.69) is 36.9 Å². The quantitative estimate of drug-likeness (QED) is 0.893. The summed E-state index contributed by atoms with van der Waals surface area (Å²) in [6, 6.07) is 6.44. The van der Waals surface area contributed by atoms with Gasteiger partial charge in [-0.1, -0.05) is 18.2 Å². The second-order valence-electron chi connectivity index (χ2n) is 5.31. The van der Waals surface area contributed by atoms with E-state index in [1.165, 1.54) is 16.7 Å². The molecular weight excluding hydrogens is 240 g/mol. The van der Waals surface area contributed by atoms with Gasteiger partial charge in [-0.2, -0.15) is 0 Å². The molecule has 4 heteroatoms. The Morgan fingerprint density at radius 3 is 2.42 bits per heavy atom. The molecule has 1 aliphatic heterocycles. The fourth-order valence-corrected chi connectivity index (χ4v) is 2.52. The Morgan fingerprint density at radius 1 is 1.16 bits per heavy atom. The number of carbonyl (C=O) groups is 1. The molecule has 0 bridgehead atoms. The molecule has 1 saturated heterocycles. The molecule has 0 aliphatic carbocycles. The molecule has 0 atom stereocenters. The summed E-state index contributed by atoms with van der Waals surface area (Å²) in [5.74, 6) is -0.733. The molecule has 0 saturated carbocycles. The lowest BCUT2D eigenvalue weighted by Gasteiger charge is -2.34. The molecule has 1 aromatic rings. The molecule has 0 amide bonds. The summed E-state index contributed by atoms with van der Waals surface area (Å²) < 4.78 is 0. The first kappa shape index (κ1) is 14.0. The summed E-state index contributed by atoms with van der Waals surface area (Å²) in [5, 5.41) is 8.78. The highest BCUT2D eigenvalue weighted by atomic mass is 16.4. The van der Waals surface area contributed by atoms with E-state index < -0.39 is 5.97 Å². The van der Waals surface area contributed by atoms with E-state index in [1.54, 1.807) is 0 Å². The van der Waals surface area contributed by atoms with Crippen LogP contribution >= 0.6 is 0 Å². The van der Waals surface area contributed by atoms with Crippen molar-refractivity contribution in [2.75, 3.05) is 32.7 Å². The third-order valence-corrected chi connectivity index (χ3v) is 3.93. The number of nitrogens with zero attached hydrogens (tertiary/aromatic N) is 2. The highest BCUT2D eigenvalue weighted by Crippen LogP contribution is 2.15. The van der Waals surface area contributed by atoms with Crippen LogP contribution in [0.25, 0.3) is 0 Å². The largest absolute Gasteiger partial charge is 0.480 e. The maximum atomic E-state index is 10.7. The molecule has 1 heterocycles. The molecular formula is C15H22N2O2. The Morgan fingerprint density at radius 2 is 1.79 bits per heavy atom. The summed E-state index contributed by atoms with van der Waals surface area (Å²) >= 11 is 0. The van der Waals surface area contributed by atoms with Crippen LogP contribution < -0.4 is 0 Å². The Kier molecular flexibility index (Phi) is 4.56. The van der Waals surface area contributed by atoms with Crippen molar-refractivity contribution in [2.45, 2.75) is 20.4 Å². The summed E-state index contributed by atoms with van der Waals surface area (Å²) in [4.78, 5) is 15.1. The number of hydrogen-bond acceptors (Lipinski definition) is 3. The Balaban J connectivity index is 1.89. The number of rotatable bonds is 4. The average Bonchev–Trinajstić information content (AvgIpc) is 2.37. The standard InChI is InChI=1S/C15H22N2O2/c1-12-4-3-5-14(13(12)2)10-16-6-8-17(9-7-16)11-15(18)19/h3-5H,6-11H2,1-2H3,(H,18,19). The van der Waals surface area contributed by atoms with Gasteiger partial charge in [0.05, 0.1) is 6.54 Å². The molecule has 1 aliphatic rings. The maximum absolute atomic E-state index is 10.7. The van der Waals surface area contributed by atoms with E-state index in [9.17, 15) is 4.79 Å². The fraction of sp³-hybridized carbons (Fsp3) is 0.533. The zero-order valence-electron chi connectivity index (χ0n) is 11.7. The van der Waals surface area contributed by atoms with Crippen LogP contribution in [0.3, 0.4) is 0 Å². The van der Waals surface area contributed by atoms with Gasteiger partial charge < -0.3 is 5.11 Å². The highest BCUT2D eigenvalue weighted by Gasteiger charge is 2.19. The minimum absolute atomic E-state index is 0.164. The van der Waals surface area contributed by atoms with Crippen LogP contribution in [-0.4, -0.2) is 53.6 Å². The lowest BCUT2D eigenvalue weighted by atomic mass is 10.0. The zero-order chi connectivity index (χ0) is 13.8. The minimum Gasteiger partial charge on any atom is -0.480 e. The summed E-state index contributed by atoms with van der Waals surface area (Å²) in [6.07, 6.45) is 0. The van der Waals surface area contributed by atoms with Gasteiger partial charge in [-0.15, -0.1) is 0 Å². The predicted octanol–water partition coefficient (Wildman–Crippen LogP) is 1.51. The molecule has 0 spiro atoms. The van der Waals surface area contributed by atoms with Gasteiger partial charge in [0.15, 0.2) is 0 Å². The lowest BCUT2D eigenvalue weighted by molar-refractivity contribution is -0.138. The van der Waals surface area contributed by atoms with Crippen LogP contribution in [0.2, 0.25) is 0 Å². The van der Waals surface area contributed by atoms with Gasteiger partial charge in [0, 0.05) is 32.7 Å². The number of carboxylic acids is 1. The van der Waals surface area contributed by atoms with Crippen molar-refractivity contribution in [1.29, 1.82) is 0 Å². The van der Waals surface area contributed by atoms with Crippen LogP contribution in [0, 0.1) is 13.8 Å². The number of piperazine rings is 1. The van der Waals surface area contributed by atoms with Crippen LogP contribution in [0.4, 0.5) is 0 Å². The number of aryl methyl sites for hydroxylation is 1. The summed E-state index contributed by atoms with van der Waals surface area (Å²) in [6.45, 7) is 9.02. The zero-order valence-corrected chi connectivity index (χ0v) is 11.7. The Hall–Kier alpha value is -1.39. The van der Waals surface area contributed by atoms with Gasteiger partial charge in [-0.3, -0.25) is 14.6 Å². The Bertz CT molecular complexity index is 451. The van der Waals surface area contributed by atoms with Gasteiger partial charge in [0.25, 0.3) is 0 Å². The highest BCUT2D eigenvalue weighted by molar-refractivity contribution is 5.69. The van der Waals surface area contributed by atoms with E-state index in [-0.39, 0.29) is 6.54 Å². The molecule has 1 aromatic carbocycles. The molecule has 19 heavy (non-hydrogen) atoms. The maximum Gasteiger partial charge on any atom is 0.317 e. The molecule has 104 valence electrons. The first-order chi connectivity index (χ1) is 9.06. The van der Waals surface area contributed by atoms with Gasteiger partial charge in [-0.05, 0) is 30.5 Å². The fourth-order valence-electron chi connectivity index (χ4n) is 2.52. The van der Waals surface area contributed by atoms with Gasteiger partial charge >= 0.3 is 5.97 Å². The lowest BCUT2D eigenvalue weighted by Crippen LogP contribution is -2.47. The van der Waals surface area contributed by atoms with Crippen LogP contribution in [0.15, 0.2) is 18.2 Å². The minimum atomic E-state index is -0.733. The second-order valence-corrected chi connectivity index (χ2v) is 5.31. The van der Waals surface area contributed by atoms with Gasteiger partial charge in [-0.25, -0.2) is 0 Å². The monoisotopic (exact) mass is 262 g/mol. The number of aliphatic carboxylic acids is 1. The van der Waals surface area contributed by atoms with Gasteiger partial charge in [0.1, 0.15) is 0 Å². The predicted molar refractivity (Wildman–Crippen MR) is 75.3 cm³/mol. The molecule has 0 aromatic heterocycles. The topological polar surface area (TPSA) is 43.8 Å². The van der Waals surface area contributed by atoms with Crippen molar-refractivity contribution in [2.24, 2.45) is 0 Å². The van der Waals surface area contributed by atoms with Crippen molar-refractivity contribution in [1.82, 2.24) is 9.80 Å². The molecule has 1 fully saturated rings. The first-order valence-electron chi connectivity index (χ1n) is 6.78. The molecule has 4 nitrogen and oxygen atoms in total. The molecule has 1 N–H and O–H groups in total. The van der Waals surface area contributed by atoms with Crippen LogP contribution in [0.1, 0.15) is 16.7 Å². The Labute approximate surface area is 114 Å². The SMILES string of the molecule is Cc1cccc(CN2CCN(CC(=O)O)CC2)c1C. The van der Waals surface area contributed by atoms with Crippen molar-refractivity contribution in [3.63, 3.8) is 0 Å². The van der Waals surface area contributed by atoms with E-state index >= 15 is 0 Å². The molecule has 0 unspecified atom stereocenters. The summed E-state index contributed by atoms with van der Waals surface area (Å²) in [7, 11) is 0. The average molecular weight is 262 g/mol. The normalized spacial score (nSPS) is 17.6. The third kappa shape index (κ3) is 3.78. The smallest absolute Gasteiger partial charge is 0.317 e. The van der Waals surface area contributed by atoms with Gasteiger partial charge in [0.2, 0.25) is 0 Å². The molecule has 0 radical (unpaired) electrons. The number of carboxylic acid groups (broad SMARTS) is 1. The van der Waals surface area contributed by atoms with E-state index in [0.29, 0.717) is 0 Å². The van der Waals surface area contributed by atoms with Crippen molar-refractivity contribution in [3.05, 3.63) is 34.9 Å². The van der Waals surface area contributed by atoms with Crippen LogP contribution in [0.5, 0.6) is 0 Å². The second kappa shape index (κ2) is 6.17. The van der Waals surface area contributed by atoms with Crippen molar-refractivity contribution >= 4 is 5.97 Å². The number of hydrogen-bond donors (Lipinski definition) is 1. The van der Waals surface area contributed by atoms with E-state index in [4.69, 9.17) is 5.11 Å².